The molecule has 1 unspecified atom stereocenters. The van der Waals surface area contributed by atoms with Gasteiger partial charge in [0, 0.05) is 12.0 Å². The summed E-state index contributed by atoms with van der Waals surface area (Å²) in [4.78, 5) is 17.7. The van der Waals surface area contributed by atoms with Crippen LogP contribution in [-0.4, -0.2) is 29.6 Å². The number of nitrogens with zero attached hydrogens (tertiary/aromatic N) is 3. The smallest absolute Gasteiger partial charge is 0.274 e. The number of nitrogens with one attached hydrogen (secondary N) is 1. The fraction of sp³-hybridized carbons (Fsp3) is 0.292. The highest BCUT2D eigenvalue weighted by atomic mass is 16.5. The van der Waals surface area contributed by atoms with E-state index >= 15 is 0 Å². The summed E-state index contributed by atoms with van der Waals surface area (Å²) in [5.74, 6) is 2.33. The van der Waals surface area contributed by atoms with Crippen LogP contribution in [0.5, 0.6) is 11.5 Å². The zero-order chi connectivity index (χ0) is 21.8. The van der Waals surface area contributed by atoms with Crippen LogP contribution >= 0.6 is 0 Å². The van der Waals surface area contributed by atoms with Crippen molar-refractivity contribution >= 4 is 11.4 Å². The first kappa shape index (κ1) is 20.7. The van der Waals surface area contributed by atoms with Crippen LogP contribution in [0.3, 0.4) is 0 Å². The van der Waals surface area contributed by atoms with E-state index < -0.39 is 0 Å². The molecule has 4 rings (SSSR count). The maximum atomic E-state index is 12.9. The van der Waals surface area contributed by atoms with Crippen molar-refractivity contribution in [2.24, 2.45) is 5.10 Å². The molecule has 0 spiro atoms. The van der Waals surface area contributed by atoms with Gasteiger partial charge in [0.2, 0.25) is 0 Å². The molecule has 1 aliphatic heterocycles. The van der Waals surface area contributed by atoms with E-state index in [-0.39, 0.29) is 11.5 Å². The molecular formula is C24H26N4O3. The maximum Gasteiger partial charge on any atom is 0.274 e. The van der Waals surface area contributed by atoms with Crippen molar-refractivity contribution in [2.75, 3.05) is 19.5 Å². The van der Waals surface area contributed by atoms with Gasteiger partial charge in [-0.25, -0.2) is 4.98 Å². The van der Waals surface area contributed by atoms with Crippen molar-refractivity contribution in [1.82, 2.24) is 9.66 Å². The molecule has 1 aliphatic rings. The molecular weight excluding hydrogens is 392 g/mol. The van der Waals surface area contributed by atoms with Crippen LogP contribution in [0.4, 0.5) is 5.69 Å². The van der Waals surface area contributed by atoms with Crippen molar-refractivity contribution in [1.29, 1.82) is 0 Å². The van der Waals surface area contributed by atoms with E-state index in [4.69, 9.17) is 14.5 Å². The van der Waals surface area contributed by atoms with Gasteiger partial charge < -0.3 is 14.8 Å². The lowest BCUT2D eigenvalue weighted by Crippen LogP contribution is -2.24. The monoisotopic (exact) mass is 418 g/mol. The van der Waals surface area contributed by atoms with Crippen molar-refractivity contribution in [3.8, 4) is 11.5 Å². The lowest BCUT2D eigenvalue weighted by molar-refractivity contribution is 0.415. The summed E-state index contributed by atoms with van der Waals surface area (Å²) >= 11 is 0. The second kappa shape index (κ2) is 9.04. The molecule has 1 atom stereocenters. The van der Waals surface area contributed by atoms with Gasteiger partial charge in [0.1, 0.15) is 17.3 Å². The van der Waals surface area contributed by atoms with Gasteiger partial charge in [-0.2, -0.15) is 9.78 Å². The standard InChI is InChI=1S/C24H26N4O3/c1-16-8-13-20(17-9-11-19(30-2)12-10-17)27-28-23(29)14-18(26-24(16)28)15-25-21-6-4-5-7-22(21)31-3/h4-7,9-12,14,16,25H,8,13,15H2,1-3H3. The highest BCUT2D eigenvalue weighted by Crippen LogP contribution is 2.26. The molecule has 3 aromatic rings. The maximum absolute atomic E-state index is 12.9. The Morgan fingerprint density at radius 3 is 2.61 bits per heavy atom. The number of anilines is 1. The van der Waals surface area contributed by atoms with Gasteiger partial charge in [-0.15, -0.1) is 0 Å². The van der Waals surface area contributed by atoms with E-state index in [2.05, 4.69) is 17.3 Å². The van der Waals surface area contributed by atoms with Crippen LogP contribution in [0.1, 0.15) is 42.8 Å². The van der Waals surface area contributed by atoms with Crippen LogP contribution in [-0.2, 0) is 6.54 Å². The molecule has 0 saturated carbocycles. The van der Waals surface area contributed by atoms with Crippen LogP contribution in [0.25, 0.3) is 0 Å². The highest BCUT2D eigenvalue weighted by Gasteiger charge is 2.21. The first-order valence-electron chi connectivity index (χ1n) is 10.3. The number of fused-ring (bicyclic) bond motifs is 1. The molecule has 31 heavy (non-hydrogen) atoms. The van der Waals surface area contributed by atoms with Crippen LogP contribution in [0.15, 0.2) is 64.5 Å². The molecule has 1 N–H and O–H groups in total. The lowest BCUT2D eigenvalue weighted by atomic mass is 9.99. The van der Waals surface area contributed by atoms with E-state index in [9.17, 15) is 4.79 Å². The van der Waals surface area contributed by atoms with Crippen LogP contribution in [0, 0.1) is 0 Å². The molecule has 0 fully saturated rings. The van der Waals surface area contributed by atoms with Gasteiger partial charge in [0.05, 0.1) is 37.9 Å². The zero-order valence-electron chi connectivity index (χ0n) is 18.0. The SMILES string of the molecule is COc1ccc(C2=Nn3c(nc(CNc4ccccc4OC)cc3=O)C(C)CC2)cc1. The molecule has 0 saturated heterocycles. The number of ether oxygens (including phenoxy) is 2. The predicted molar refractivity (Wildman–Crippen MR) is 121 cm³/mol. The number of methoxy groups -OCH3 is 2. The summed E-state index contributed by atoms with van der Waals surface area (Å²) in [5.41, 5.74) is 3.21. The summed E-state index contributed by atoms with van der Waals surface area (Å²) in [6.45, 7) is 2.51. The minimum atomic E-state index is -0.179. The Morgan fingerprint density at radius 2 is 1.87 bits per heavy atom. The van der Waals surface area contributed by atoms with E-state index in [0.29, 0.717) is 18.1 Å². The molecule has 160 valence electrons. The van der Waals surface area contributed by atoms with Crippen molar-refractivity contribution in [3.05, 3.63) is 82.0 Å². The Labute approximate surface area is 181 Å². The number of benzene rings is 2. The minimum absolute atomic E-state index is 0.110. The molecule has 0 bridgehead atoms. The number of hydrogen-bond acceptors (Lipinski definition) is 6. The van der Waals surface area contributed by atoms with Gasteiger partial charge in [-0.3, -0.25) is 4.79 Å². The number of hydrogen-bond donors (Lipinski definition) is 1. The lowest BCUT2D eigenvalue weighted by Gasteiger charge is -2.14. The Hall–Kier alpha value is -3.61. The molecule has 0 amide bonds. The second-order valence-electron chi connectivity index (χ2n) is 7.52. The second-order valence-corrected chi connectivity index (χ2v) is 7.52. The normalized spacial score (nSPS) is 15.5. The molecule has 2 heterocycles. The summed E-state index contributed by atoms with van der Waals surface area (Å²) in [7, 11) is 3.27. The Balaban J connectivity index is 1.63. The first-order valence-corrected chi connectivity index (χ1v) is 10.3. The molecule has 2 aromatic carbocycles. The third-order valence-corrected chi connectivity index (χ3v) is 5.44. The van der Waals surface area contributed by atoms with Crippen LogP contribution < -0.4 is 20.3 Å². The van der Waals surface area contributed by atoms with Crippen molar-refractivity contribution in [3.63, 3.8) is 0 Å². The zero-order valence-corrected chi connectivity index (χ0v) is 18.0. The van der Waals surface area contributed by atoms with Gasteiger partial charge in [-0.1, -0.05) is 19.1 Å². The van der Waals surface area contributed by atoms with Gasteiger partial charge in [-0.05, 0) is 54.8 Å². The van der Waals surface area contributed by atoms with Crippen LogP contribution in [0.2, 0.25) is 0 Å². The fourth-order valence-corrected chi connectivity index (χ4v) is 3.67. The third-order valence-electron chi connectivity index (χ3n) is 5.44. The summed E-state index contributed by atoms with van der Waals surface area (Å²) < 4.78 is 12.1. The third kappa shape index (κ3) is 4.45. The number of para-hydroxylation sites is 2. The topological polar surface area (TPSA) is 77.7 Å². The molecule has 7 heteroatoms. The highest BCUT2D eigenvalue weighted by molar-refractivity contribution is 6.00. The first-order chi connectivity index (χ1) is 15.1. The van der Waals surface area contributed by atoms with E-state index in [1.165, 1.54) is 4.68 Å². The average Bonchev–Trinajstić information content (AvgIpc) is 2.97. The summed E-state index contributed by atoms with van der Waals surface area (Å²) in [6, 6.07) is 17.0. The summed E-state index contributed by atoms with van der Waals surface area (Å²) in [6.07, 6.45) is 1.63. The van der Waals surface area contributed by atoms with E-state index in [1.54, 1.807) is 20.3 Å². The summed E-state index contributed by atoms with van der Waals surface area (Å²) in [5, 5.41) is 7.99. The minimum Gasteiger partial charge on any atom is -0.497 e. The quantitative estimate of drug-likeness (QED) is 0.654. The molecule has 1 aromatic heterocycles. The fourth-order valence-electron chi connectivity index (χ4n) is 3.67. The van der Waals surface area contributed by atoms with Gasteiger partial charge >= 0.3 is 0 Å². The predicted octanol–water partition coefficient (Wildman–Crippen LogP) is 4.02. The van der Waals surface area contributed by atoms with Gasteiger partial charge in [0.25, 0.3) is 5.56 Å². The van der Waals surface area contributed by atoms with E-state index in [1.807, 2.05) is 48.5 Å². The van der Waals surface area contributed by atoms with E-state index in [0.717, 1.165) is 41.3 Å². The molecule has 0 aliphatic carbocycles. The molecule has 7 nitrogen and oxygen atoms in total. The Morgan fingerprint density at radius 1 is 1.10 bits per heavy atom. The Bertz CT molecular complexity index is 1150. The number of aromatic nitrogens is 2. The number of rotatable bonds is 6. The van der Waals surface area contributed by atoms with Crippen molar-refractivity contribution < 1.29 is 9.47 Å². The van der Waals surface area contributed by atoms with Crippen molar-refractivity contribution in [2.45, 2.75) is 32.2 Å². The molecule has 0 radical (unpaired) electrons. The Kier molecular flexibility index (Phi) is 6.02. The van der Waals surface area contributed by atoms with Gasteiger partial charge in [0.15, 0.2) is 0 Å². The largest absolute Gasteiger partial charge is 0.497 e. The average molecular weight is 418 g/mol.